The van der Waals surface area contributed by atoms with Gasteiger partial charge in [-0.05, 0) is 37.3 Å². The average molecular weight is 544 g/mol. The van der Waals surface area contributed by atoms with Gasteiger partial charge in [-0.1, -0.05) is 23.2 Å². The Morgan fingerprint density at radius 3 is 2.39 bits per heavy atom. The second-order valence-corrected chi connectivity index (χ2v) is 8.58. The summed E-state index contributed by atoms with van der Waals surface area (Å²) >= 11 is 12.1. The Balaban J connectivity index is 1.78. The molecule has 0 saturated carbocycles. The molecule has 0 fully saturated rings. The molecule has 4 rings (SSSR count). The zero-order chi connectivity index (χ0) is 26.2. The highest BCUT2D eigenvalue weighted by Crippen LogP contribution is 2.25. The molecule has 15 heteroatoms. The maximum Gasteiger partial charge on any atom is 0.416 e. The number of hydrogen-bond acceptors (Lipinski definition) is 7. The lowest BCUT2D eigenvalue weighted by Gasteiger charge is -2.15. The summed E-state index contributed by atoms with van der Waals surface area (Å²) in [6.07, 6.45) is -5.98. The fourth-order valence-corrected chi connectivity index (χ4v) is 3.68. The Bertz CT molecular complexity index is 1430. The molecular weight excluding hydrogens is 526 g/mol. The van der Waals surface area contributed by atoms with Crippen molar-refractivity contribution in [1.82, 2.24) is 34.1 Å². The number of aromatic nitrogens is 7. The molecule has 3 aromatic heterocycles. The molecule has 0 saturated heterocycles. The predicted molar refractivity (Wildman–Crippen MR) is 123 cm³/mol. The van der Waals surface area contributed by atoms with E-state index in [1.807, 2.05) is 0 Å². The molecule has 0 spiro atoms. The Hall–Kier alpha value is -3.26. The Morgan fingerprint density at radius 1 is 1.08 bits per heavy atom. The molecule has 1 aromatic carbocycles. The lowest BCUT2D eigenvalue weighted by Crippen LogP contribution is -2.37. The second-order valence-electron chi connectivity index (χ2n) is 7.74. The zero-order valence-corrected chi connectivity index (χ0v) is 19.9. The first-order chi connectivity index (χ1) is 17.0. The highest BCUT2D eigenvalue weighted by atomic mass is 35.5. The molecule has 10 nitrogen and oxygen atoms in total. The summed E-state index contributed by atoms with van der Waals surface area (Å²) in [6.45, 7) is 0.0368. The van der Waals surface area contributed by atoms with E-state index in [9.17, 15) is 28.2 Å². The normalized spacial score (nSPS) is 13.7. The van der Waals surface area contributed by atoms with Gasteiger partial charge >= 0.3 is 11.9 Å². The first-order valence-corrected chi connectivity index (χ1v) is 11.1. The molecule has 0 aliphatic carbocycles. The average Bonchev–Trinajstić information content (AvgIpc) is 3.36. The lowest BCUT2D eigenvalue weighted by molar-refractivity contribution is -0.207. The van der Waals surface area contributed by atoms with E-state index in [4.69, 9.17) is 23.2 Å². The van der Waals surface area contributed by atoms with Crippen LogP contribution < -0.4 is 5.69 Å². The van der Waals surface area contributed by atoms with Gasteiger partial charge in [-0.2, -0.15) is 13.2 Å². The minimum Gasteiger partial charge on any atom is -0.385 e. The Kier molecular flexibility index (Phi) is 7.18. The fraction of sp³-hybridized carbons (Fsp3) is 0.286. The van der Waals surface area contributed by atoms with Crippen molar-refractivity contribution in [3.05, 3.63) is 74.9 Å². The van der Waals surface area contributed by atoms with Crippen LogP contribution in [0.2, 0.25) is 10.0 Å². The molecule has 2 atom stereocenters. The van der Waals surface area contributed by atoms with Gasteiger partial charge in [0.05, 0.1) is 17.3 Å². The molecule has 190 valence electrons. The number of hydrogen-bond donors (Lipinski definition) is 2. The standard InChI is InChI=1S/C21H18Cl2F3N7O3/c1-11(34)18-28-17(29-33(18)15-6-7-27-8-14(15)23)10-32-20(36)31(9-16(35)21(24,25)26)19(30-32)12-2-4-13(22)5-3-12/h2-8,11,16,34-35H,9-10H2,1H3/t11-,16+/m1/s1. The van der Waals surface area contributed by atoms with Crippen LogP contribution in [0.3, 0.4) is 0 Å². The van der Waals surface area contributed by atoms with Crippen LogP contribution >= 0.6 is 23.2 Å². The van der Waals surface area contributed by atoms with Gasteiger partial charge in [0, 0.05) is 23.0 Å². The van der Waals surface area contributed by atoms with Crippen molar-refractivity contribution in [1.29, 1.82) is 0 Å². The molecule has 0 aliphatic rings. The van der Waals surface area contributed by atoms with E-state index in [-0.39, 0.29) is 29.0 Å². The topological polar surface area (TPSA) is 124 Å². The summed E-state index contributed by atoms with van der Waals surface area (Å²) in [5.74, 6) is 0.0212. The number of alkyl halides is 3. The maximum atomic E-state index is 13.1. The number of benzene rings is 1. The van der Waals surface area contributed by atoms with Crippen LogP contribution in [-0.4, -0.2) is 56.6 Å². The fourth-order valence-electron chi connectivity index (χ4n) is 3.35. The van der Waals surface area contributed by atoms with Crippen molar-refractivity contribution in [2.24, 2.45) is 0 Å². The van der Waals surface area contributed by atoms with Gasteiger partial charge in [-0.15, -0.1) is 10.2 Å². The van der Waals surface area contributed by atoms with Crippen molar-refractivity contribution in [2.45, 2.75) is 38.4 Å². The van der Waals surface area contributed by atoms with Crippen molar-refractivity contribution in [3.8, 4) is 17.1 Å². The third-order valence-electron chi connectivity index (χ3n) is 5.08. The van der Waals surface area contributed by atoms with Gasteiger partial charge in [-0.3, -0.25) is 9.55 Å². The van der Waals surface area contributed by atoms with Crippen LogP contribution in [0.4, 0.5) is 13.2 Å². The molecular formula is C21H18Cl2F3N7O3. The number of rotatable bonds is 7. The third-order valence-corrected chi connectivity index (χ3v) is 5.62. The molecule has 0 unspecified atom stereocenters. The first-order valence-electron chi connectivity index (χ1n) is 10.4. The summed E-state index contributed by atoms with van der Waals surface area (Å²) in [6, 6.07) is 7.48. The highest BCUT2D eigenvalue weighted by Gasteiger charge is 2.39. The van der Waals surface area contributed by atoms with Gasteiger partial charge < -0.3 is 10.2 Å². The van der Waals surface area contributed by atoms with E-state index in [1.165, 1.54) is 48.3 Å². The number of aliphatic hydroxyl groups excluding tert-OH is 2. The molecule has 0 radical (unpaired) electrons. The minimum absolute atomic E-state index is 0.0320. The monoisotopic (exact) mass is 543 g/mol. The van der Waals surface area contributed by atoms with Crippen LogP contribution in [0.25, 0.3) is 17.1 Å². The Labute approximate surface area is 211 Å². The second kappa shape index (κ2) is 10.0. The van der Waals surface area contributed by atoms with Gasteiger partial charge in [-0.25, -0.2) is 19.1 Å². The number of aliphatic hydroxyl groups is 2. The van der Waals surface area contributed by atoms with Gasteiger partial charge in [0.2, 0.25) is 0 Å². The summed E-state index contributed by atoms with van der Waals surface area (Å²) in [4.78, 5) is 21.2. The highest BCUT2D eigenvalue weighted by molar-refractivity contribution is 6.32. The van der Waals surface area contributed by atoms with E-state index in [0.29, 0.717) is 20.8 Å². The molecule has 36 heavy (non-hydrogen) atoms. The lowest BCUT2D eigenvalue weighted by atomic mass is 10.2. The summed E-state index contributed by atoms with van der Waals surface area (Å²) < 4.78 is 42.0. The minimum atomic E-state index is -4.95. The van der Waals surface area contributed by atoms with Crippen LogP contribution in [0.1, 0.15) is 24.7 Å². The number of pyridine rings is 1. The van der Waals surface area contributed by atoms with Gasteiger partial charge in [0.1, 0.15) is 12.6 Å². The van der Waals surface area contributed by atoms with E-state index in [2.05, 4.69) is 20.2 Å². The van der Waals surface area contributed by atoms with E-state index in [0.717, 1.165) is 4.68 Å². The largest absolute Gasteiger partial charge is 0.416 e. The van der Waals surface area contributed by atoms with E-state index >= 15 is 0 Å². The molecule has 4 aromatic rings. The van der Waals surface area contributed by atoms with Crippen LogP contribution in [-0.2, 0) is 13.1 Å². The predicted octanol–water partition coefficient (Wildman–Crippen LogP) is 3.02. The number of halogens is 5. The van der Waals surface area contributed by atoms with E-state index in [1.54, 1.807) is 6.07 Å². The van der Waals surface area contributed by atoms with Gasteiger partial charge in [0.25, 0.3) is 0 Å². The van der Waals surface area contributed by atoms with E-state index < -0.39 is 30.6 Å². The molecule has 3 heterocycles. The number of nitrogens with zero attached hydrogens (tertiary/aromatic N) is 7. The Morgan fingerprint density at radius 2 is 1.78 bits per heavy atom. The first kappa shape index (κ1) is 25.8. The third kappa shape index (κ3) is 5.28. The smallest absolute Gasteiger partial charge is 0.385 e. The van der Waals surface area contributed by atoms with Crippen molar-refractivity contribution in [2.75, 3.05) is 0 Å². The molecule has 0 bridgehead atoms. The van der Waals surface area contributed by atoms with Gasteiger partial charge in [0.15, 0.2) is 23.6 Å². The van der Waals surface area contributed by atoms with Crippen LogP contribution in [0.5, 0.6) is 0 Å². The van der Waals surface area contributed by atoms with Crippen molar-refractivity contribution in [3.63, 3.8) is 0 Å². The van der Waals surface area contributed by atoms with Crippen LogP contribution in [0, 0.1) is 0 Å². The van der Waals surface area contributed by atoms with Crippen LogP contribution in [0.15, 0.2) is 47.5 Å². The summed E-state index contributed by atoms with van der Waals surface area (Å²) in [7, 11) is 0. The zero-order valence-electron chi connectivity index (χ0n) is 18.4. The molecule has 0 amide bonds. The maximum absolute atomic E-state index is 13.1. The SMILES string of the molecule is C[C@@H](O)c1nc(Cn2nc(-c3ccc(Cl)cc3)n(C[C@H](O)C(F)(F)F)c2=O)nn1-c1ccncc1Cl. The summed E-state index contributed by atoms with van der Waals surface area (Å²) in [5, 5.41) is 28.9. The van der Waals surface area contributed by atoms with Crippen molar-refractivity contribution < 1.29 is 23.4 Å². The summed E-state index contributed by atoms with van der Waals surface area (Å²) in [5.41, 5.74) is -0.258. The molecule has 0 aliphatic heterocycles. The van der Waals surface area contributed by atoms with Crippen molar-refractivity contribution >= 4 is 23.2 Å². The molecule has 2 N–H and O–H groups in total. The quantitative estimate of drug-likeness (QED) is 0.367.